The summed E-state index contributed by atoms with van der Waals surface area (Å²) in [6, 6.07) is 0. The van der Waals surface area contributed by atoms with Gasteiger partial charge in [-0.2, -0.15) is 0 Å². The van der Waals surface area contributed by atoms with Gasteiger partial charge in [0.1, 0.15) is 6.54 Å². The molecule has 1 aromatic heterocycles. The van der Waals surface area contributed by atoms with E-state index in [0.29, 0.717) is 0 Å². The van der Waals surface area contributed by atoms with E-state index in [4.69, 9.17) is 0 Å². The molecule has 1 aromatic rings. The lowest BCUT2D eigenvalue weighted by Crippen LogP contribution is -2.41. The summed E-state index contributed by atoms with van der Waals surface area (Å²) in [5, 5.41) is 12.5. The number of thiazole rings is 1. The highest BCUT2D eigenvalue weighted by Gasteiger charge is 2.22. The minimum Gasteiger partial charge on any atom is -0.391 e. The Morgan fingerprint density at radius 3 is 2.42 bits per heavy atom. The van der Waals surface area contributed by atoms with Gasteiger partial charge in [0.05, 0.1) is 6.10 Å². The van der Waals surface area contributed by atoms with Crippen molar-refractivity contribution in [2.75, 3.05) is 6.54 Å². The van der Waals surface area contributed by atoms with Crippen LogP contribution in [0, 0.1) is 19.3 Å². The molecule has 0 aliphatic rings. The summed E-state index contributed by atoms with van der Waals surface area (Å²) in [5.74, 6) is -0.258. The van der Waals surface area contributed by atoms with Crippen LogP contribution in [0.5, 0.6) is 0 Å². The van der Waals surface area contributed by atoms with E-state index < -0.39 is 6.10 Å². The van der Waals surface area contributed by atoms with Gasteiger partial charge >= 0.3 is 4.87 Å². The summed E-state index contributed by atoms with van der Waals surface area (Å²) in [4.78, 5) is 24.2. The Kier molecular flexibility index (Phi) is 4.92. The molecule has 1 unspecified atom stereocenters. The quantitative estimate of drug-likeness (QED) is 0.869. The summed E-state index contributed by atoms with van der Waals surface area (Å²) in [7, 11) is 0. The van der Waals surface area contributed by atoms with Gasteiger partial charge in [0.15, 0.2) is 0 Å². The molecule has 5 nitrogen and oxygen atoms in total. The number of aliphatic hydroxyl groups is 1. The predicted octanol–water partition coefficient (Wildman–Crippen LogP) is 1.05. The SMILES string of the molecule is Cc1sc(=O)n(CC(=O)NCC(O)C(C)(C)C)c1C. The largest absolute Gasteiger partial charge is 0.391 e. The number of carbonyl (C=O) groups excluding carboxylic acids is 1. The molecular formula is C13H22N2O3S. The third-order valence-corrected chi connectivity index (χ3v) is 4.17. The summed E-state index contributed by atoms with van der Waals surface area (Å²) in [5.41, 5.74) is 0.542. The van der Waals surface area contributed by atoms with Crippen molar-refractivity contribution in [1.29, 1.82) is 0 Å². The zero-order valence-electron chi connectivity index (χ0n) is 12.1. The standard InChI is InChI=1S/C13H22N2O3S/c1-8-9(2)19-12(18)15(8)7-11(17)14-6-10(16)13(3,4)5/h10,16H,6-7H2,1-5H3,(H,14,17). The first-order valence-corrected chi connectivity index (χ1v) is 7.06. The Labute approximate surface area is 117 Å². The number of nitrogens with zero attached hydrogens (tertiary/aromatic N) is 1. The van der Waals surface area contributed by atoms with Crippen LogP contribution in [0.1, 0.15) is 31.3 Å². The van der Waals surface area contributed by atoms with E-state index >= 15 is 0 Å². The number of rotatable bonds is 4. The average Bonchev–Trinajstić information content (AvgIpc) is 2.51. The molecule has 2 N–H and O–H groups in total. The van der Waals surface area contributed by atoms with Crippen LogP contribution in [-0.4, -0.2) is 28.2 Å². The van der Waals surface area contributed by atoms with Gasteiger partial charge in [-0.15, -0.1) is 0 Å². The smallest absolute Gasteiger partial charge is 0.308 e. The lowest BCUT2D eigenvalue weighted by Gasteiger charge is -2.25. The van der Waals surface area contributed by atoms with Gasteiger partial charge in [0.25, 0.3) is 0 Å². The maximum Gasteiger partial charge on any atom is 0.308 e. The highest BCUT2D eigenvalue weighted by atomic mass is 32.1. The molecule has 108 valence electrons. The van der Waals surface area contributed by atoms with E-state index in [1.54, 1.807) is 0 Å². The first-order chi connectivity index (χ1) is 8.62. The number of amides is 1. The minimum atomic E-state index is -0.613. The Morgan fingerprint density at radius 2 is 2.00 bits per heavy atom. The number of nitrogens with one attached hydrogen (secondary N) is 1. The molecule has 0 radical (unpaired) electrons. The zero-order valence-corrected chi connectivity index (χ0v) is 12.9. The van der Waals surface area contributed by atoms with Crippen LogP contribution in [0.2, 0.25) is 0 Å². The van der Waals surface area contributed by atoms with Crippen LogP contribution in [0.15, 0.2) is 4.79 Å². The van der Waals surface area contributed by atoms with Gasteiger partial charge in [-0.1, -0.05) is 32.1 Å². The number of aromatic nitrogens is 1. The fraction of sp³-hybridized carbons (Fsp3) is 0.692. The maximum atomic E-state index is 11.8. The number of aliphatic hydroxyl groups excluding tert-OH is 1. The van der Waals surface area contributed by atoms with Crippen LogP contribution in [0.25, 0.3) is 0 Å². The minimum absolute atomic E-state index is 0.00582. The van der Waals surface area contributed by atoms with Crippen molar-refractivity contribution in [3.63, 3.8) is 0 Å². The summed E-state index contributed by atoms with van der Waals surface area (Å²) in [6.07, 6.45) is -0.613. The van der Waals surface area contributed by atoms with E-state index in [1.807, 2.05) is 34.6 Å². The topological polar surface area (TPSA) is 71.3 Å². The molecule has 6 heteroatoms. The third-order valence-electron chi connectivity index (χ3n) is 3.17. The van der Waals surface area contributed by atoms with Gasteiger partial charge in [-0.05, 0) is 19.3 Å². The molecule has 0 saturated heterocycles. The maximum absolute atomic E-state index is 11.8. The molecule has 0 spiro atoms. The fourth-order valence-corrected chi connectivity index (χ4v) is 2.32. The highest BCUT2D eigenvalue weighted by molar-refractivity contribution is 7.09. The van der Waals surface area contributed by atoms with Crippen LogP contribution >= 0.6 is 11.3 Å². The van der Waals surface area contributed by atoms with Gasteiger partial charge in [-0.3, -0.25) is 14.2 Å². The summed E-state index contributed by atoms with van der Waals surface area (Å²) >= 11 is 1.14. The molecule has 0 saturated carbocycles. The number of aryl methyl sites for hydroxylation is 1. The van der Waals surface area contributed by atoms with Crippen LogP contribution in [0.3, 0.4) is 0 Å². The lowest BCUT2D eigenvalue weighted by molar-refractivity contribution is -0.122. The molecular weight excluding hydrogens is 264 g/mol. The van der Waals surface area contributed by atoms with Crippen molar-refractivity contribution in [3.05, 3.63) is 20.2 Å². The van der Waals surface area contributed by atoms with Crippen LogP contribution in [0.4, 0.5) is 0 Å². The monoisotopic (exact) mass is 286 g/mol. The van der Waals surface area contributed by atoms with Crippen LogP contribution < -0.4 is 10.2 Å². The summed E-state index contributed by atoms with van der Waals surface area (Å²) < 4.78 is 1.46. The molecule has 0 fully saturated rings. The normalized spacial score (nSPS) is 13.4. The van der Waals surface area contributed by atoms with Gasteiger partial charge in [0.2, 0.25) is 5.91 Å². The van der Waals surface area contributed by atoms with Crippen molar-refractivity contribution >= 4 is 17.2 Å². The Bertz CT molecular complexity index is 511. The van der Waals surface area contributed by atoms with E-state index in [0.717, 1.165) is 21.9 Å². The first kappa shape index (κ1) is 15.9. The number of hydrogen-bond donors (Lipinski definition) is 2. The molecule has 1 rings (SSSR count). The predicted molar refractivity (Wildman–Crippen MR) is 76.5 cm³/mol. The molecule has 0 aromatic carbocycles. The van der Waals surface area contributed by atoms with Crippen molar-refractivity contribution in [2.24, 2.45) is 5.41 Å². The number of hydrogen-bond acceptors (Lipinski definition) is 4. The molecule has 0 bridgehead atoms. The average molecular weight is 286 g/mol. The van der Waals surface area contributed by atoms with Crippen molar-refractivity contribution in [3.8, 4) is 0 Å². The number of carbonyl (C=O) groups is 1. The molecule has 1 atom stereocenters. The summed E-state index contributed by atoms with van der Waals surface area (Å²) in [6.45, 7) is 9.59. The fourth-order valence-electron chi connectivity index (χ4n) is 1.49. The second kappa shape index (κ2) is 5.88. The van der Waals surface area contributed by atoms with E-state index in [9.17, 15) is 14.7 Å². The molecule has 1 amide bonds. The molecule has 0 aliphatic heterocycles. The van der Waals surface area contributed by atoms with Gasteiger partial charge in [-0.25, -0.2) is 0 Å². The van der Waals surface area contributed by atoms with Crippen molar-refractivity contribution in [1.82, 2.24) is 9.88 Å². The second-order valence-corrected chi connectivity index (χ2v) is 6.95. The Balaban J connectivity index is 2.60. The molecule has 1 heterocycles. The van der Waals surface area contributed by atoms with E-state index in [2.05, 4.69) is 5.32 Å². The second-order valence-electron chi connectivity index (χ2n) is 5.78. The Hall–Kier alpha value is -1.14. The lowest BCUT2D eigenvalue weighted by atomic mass is 9.89. The third kappa shape index (κ3) is 4.18. The van der Waals surface area contributed by atoms with E-state index in [-0.39, 0.29) is 29.3 Å². The molecule has 19 heavy (non-hydrogen) atoms. The van der Waals surface area contributed by atoms with Gasteiger partial charge < -0.3 is 10.4 Å². The van der Waals surface area contributed by atoms with E-state index in [1.165, 1.54) is 4.57 Å². The van der Waals surface area contributed by atoms with Crippen molar-refractivity contribution < 1.29 is 9.90 Å². The van der Waals surface area contributed by atoms with Crippen molar-refractivity contribution in [2.45, 2.75) is 47.3 Å². The van der Waals surface area contributed by atoms with Gasteiger partial charge in [0, 0.05) is 17.1 Å². The molecule has 0 aliphatic carbocycles. The highest BCUT2D eigenvalue weighted by Crippen LogP contribution is 2.18. The zero-order chi connectivity index (χ0) is 14.8. The van der Waals surface area contributed by atoms with Crippen LogP contribution in [-0.2, 0) is 11.3 Å². The Morgan fingerprint density at radius 1 is 1.42 bits per heavy atom. The first-order valence-electron chi connectivity index (χ1n) is 6.24.